The van der Waals surface area contributed by atoms with Crippen LogP contribution in [0.4, 0.5) is 0 Å². The van der Waals surface area contributed by atoms with Gasteiger partial charge in [0.2, 0.25) is 17.7 Å². The standard InChI is InChI=1S/C15H17N3O3/c19-12-7-6-11(17-12)15(21)18-9-8-16-14(20)13(18)10-4-2-1-3-5-10/h1-5,11,13H,6-9H2,(H,16,20)(H,17,19). The highest BCUT2D eigenvalue weighted by Gasteiger charge is 2.39. The molecule has 6 heteroatoms. The summed E-state index contributed by atoms with van der Waals surface area (Å²) in [5.41, 5.74) is 0.785. The summed E-state index contributed by atoms with van der Waals surface area (Å²) in [7, 11) is 0. The van der Waals surface area contributed by atoms with Crippen molar-refractivity contribution in [3.05, 3.63) is 35.9 Å². The average molecular weight is 287 g/mol. The molecule has 110 valence electrons. The third kappa shape index (κ3) is 2.61. The summed E-state index contributed by atoms with van der Waals surface area (Å²) < 4.78 is 0. The van der Waals surface area contributed by atoms with Crippen LogP contribution >= 0.6 is 0 Å². The highest BCUT2D eigenvalue weighted by Crippen LogP contribution is 2.25. The Morgan fingerprint density at radius 3 is 2.62 bits per heavy atom. The Morgan fingerprint density at radius 1 is 1.19 bits per heavy atom. The van der Waals surface area contributed by atoms with E-state index in [1.165, 1.54) is 0 Å². The number of rotatable bonds is 2. The van der Waals surface area contributed by atoms with Crippen LogP contribution in [0.5, 0.6) is 0 Å². The first-order chi connectivity index (χ1) is 10.2. The number of hydrogen-bond acceptors (Lipinski definition) is 3. The summed E-state index contributed by atoms with van der Waals surface area (Å²) in [6, 6.07) is 8.10. The zero-order chi connectivity index (χ0) is 14.8. The summed E-state index contributed by atoms with van der Waals surface area (Å²) in [6.07, 6.45) is 0.865. The Hall–Kier alpha value is -2.37. The van der Waals surface area contributed by atoms with Gasteiger partial charge in [0, 0.05) is 19.5 Å². The third-order valence-corrected chi connectivity index (χ3v) is 3.90. The lowest BCUT2D eigenvalue weighted by molar-refractivity contribution is -0.145. The normalized spacial score (nSPS) is 25.4. The van der Waals surface area contributed by atoms with E-state index in [1.54, 1.807) is 4.90 Å². The highest BCUT2D eigenvalue weighted by atomic mass is 16.2. The fourth-order valence-corrected chi connectivity index (χ4v) is 2.87. The van der Waals surface area contributed by atoms with Crippen molar-refractivity contribution >= 4 is 17.7 Å². The molecular weight excluding hydrogens is 270 g/mol. The number of nitrogens with zero attached hydrogens (tertiary/aromatic N) is 1. The Labute approximate surface area is 122 Å². The summed E-state index contributed by atoms with van der Waals surface area (Å²) in [5.74, 6) is -0.458. The van der Waals surface area contributed by atoms with Gasteiger partial charge >= 0.3 is 0 Å². The molecule has 2 aliphatic heterocycles. The summed E-state index contributed by atoms with van der Waals surface area (Å²) in [5, 5.41) is 5.47. The first-order valence-electron chi connectivity index (χ1n) is 7.09. The van der Waals surface area contributed by atoms with Gasteiger partial charge in [0.1, 0.15) is 12.1 Å². The molecule has 3 amide bonds. The van der Waals surface area contributed by atoms with Crippen LogP contribution in [0.1, 0.15) is 24.4 Å². The predicted molar refractivity (Wildman–Crippen MR) is 75.1 cm³/mol. The van der Waals surface area contributed by atoms with Gasteiger partial charge in [-0.15, -0.1) is 0 Å². The molecule has 0 aliphatic carbocycles. The molecule has 2 aliphatic rings. The number of nitrogens with one attached hydrogen (secondary N) is 2. The molecule has 2 atom stereocenters. The Kier molecular flexibility index (Phi) is 3.60. The molecule has 0 aromatic heterocycles. The molecule has 2 unspecified atom stereocenters. The molecular formula is C15H17N3O3. The number of piperazine rings is 1. The van der Waals surface area contributed by atoms with Crippen LogP contribution < -0.4 is 10.6 Å². The second-order valence-corrected chi connectivity index (χ2v) is 5.29. The Morgan fingerprint density at radius 2 is 1.95 bits per heavy atom. The molecule has 0 radical (unpaired) electrons. The molecule has 0 bridgehead atoms. The molecule has 6 nitrogen and oxygen atoms in total. The van der Waals surface area contributed by atoms with Gasteiger partial charge < -0.3 is 15.5 Å². The SMILES string of the molecule is O=C1CCC(C(=O)N2CCNC(=O)C2c2ccccc2)N1. The number of hydrogen-bond donors (Lipinski definition) is 2. The molecule has 2 heterocycles. The fourth-order valence-electron chi connectivity index (χ4n) is 2.87. The van der Waals surface area contributed by atoms with E-state index in [4.69, 9.17) is 0 Å². The largest absolute Gasteiger partial charge is 0.352 e. The fraction of sp³-hybridized carbons (Fsp3) is 0.400. The van der Waals surface area contributed by atoms with E-state index in [2.05, 4.69) is 10.6 Å². The third-order valence-electron chi connectivity index (χ3n) is 3.90. The average Bonchev–Trinajstić information content (AvgIpc) is 2.93. The van der Waals surface area contributed by atoms with Crippen molar-refractivity contribution in [1.82, 2.24) is 15.5 Å². The van der Waals surface area contributed by atoms with Crippen molar-refractivity contribution in [3.63, 3.8) is 0 Å². The first kappa shape index (κ1) is 13.6. The molecule has 0 saturated carbocycles. The Balaban J connectivity index is 1.86. The van der Waals surface area contributed by atoms with Gasteiger partial charge in [-0.25, -0.2) is 0 Å². The van der Waals surface area contributed by atoms with Gasteiger partial charge in [-0.3, -0.25) is 14.4 Å². The zero-order valence-corrected chi connectivity index (χ0v) is 11.5. The van der Waals surface area contributed by atoms with Crippen LogP contribution in [0.25, 0.3) is 0 Å². The lowest BCUT2D eigenvalue weighted by Crippen LogP contribution is -2.56. The van der Waals surface area contributed by atoms with Crippen molar-refractivity contribution in [2.45, 2.75) is 24.9 Å². The molecule has 3 rings (SSSR count). The van der Waals surface area contributed by atoms with E-state index in [0.29, 0.717) is 25.9 Å². The molecule has 2 fully saturated rings. The number of carbonyl (C=O) groups excluding carboxylic acids is 3. The lowest BCUT2D eigenvalue weighted by atomic mass is 10.0. The van der Waals surface area contributed by atoms with Gasteiger partial charge in [-0.2, -0.15) is 0 Å². The molecule has 1 aromatic rings. The van der Waals surface area contributed by atoms with Gasteiger partial charge in [0.05, 0.1) is 0 Å². The van der Waals surface area contributed by atoms with E-state index >= 15 is 0 Å². The molecule has 2 N–H and O–H groups in total. The smallest absolute Gasteiger partial charge is 0.247 e. The van der Waals surface area contributed by atoms with Crippen LogP contribution in [0.3, 0.4) is 0 Å². The van der Waals surface area contributed by atoms with Crippen LogP contribution in [0, 0.1) is 0 Å². The van der Waals surface area contributed by atoms with Gasteiger partial charge in [-0.1, -0.05) is 30.3 Å². The minimum Gasteiger partial charge on any atom is -0.352 e. The number of benzene rings is 1. The van der Waals surface area contributed by atoms with Crippen molar-refractivity contribution in [2.24, 2.45) is 0 Å². The van der Waals surface area contributed by atoms with Gasteiger partial charge in [0.15, 0.2) is 0 Å². The van der Waals surface area contributed by atoms with Gasteiger partial charge in [0.25, 0.3) is 0 Å². The topological polar surface area (TPSA) is 78.5 Å². The Bertz CT molecular complexity index is 573. The van der Waals surface area contributed by atoms with Crippen molar-refractivity contribution < 1.29 is 14.4 Å². The van der Waals surface area contributed by atoms with Crippen molar-refractivity contribution in [1.29, 1.82) is 0 Å². The zero-order valence-electron chi connectivity index (χ0n) is 11.5. The second kappa shape index (κ2) is 5.55. The van der Waals surface area contributed by atoms with E-state index in [9.17, 15) is 14.4 Å². The summed E-state index contributed by atoms with van der Waals surface area (Å²) in [6.45, 7) is 0.894. The van der Waals surface area contributed by atoms with Crippen LogP contribution in [0.2, 0.25) is 0 Å². The second-order valence-electron chi connectivity index (χ2n) is 5.29. The molecule has 1 aromatic carbocycles. The summed E-state index contributed by atoms with van der Waals surface area (Å²) >= 11 is 0. The van der Waals surface area contributed by atoms with Crippen LogP contribution in [-0.2, 0) is 14.4 Å². The van der Waals surface area contributed by atoms with Gasteiger partial charge in [-0.05, 0) is 12.0 Å². The quantitative estimate of drug-likeness (QED) is 0.801. The monoisotopic (exact) mass is 287 g/mol. The number of amides is 3. The maximum atomic E-state index is 12.6. The van der Waals surface area contributed by atoms with Crippen molar-refractivity contribution in [2.75, 3.05) is 13.1 Å². The van der Waals surface area contributed by atoms with Crippen molar-refractivity contribution in [3.8, 4) is 0 Å². The summed E-state index contributed by atoms with van der Waals surface area (Å²) in [4.78, 5) is 37.7. The first-order valence-corrected chi connectivity index (χ1v) is 7.09. The highest BCUT2D eigenvalue weighted by molar-refractivity contribution is 5.95. The number of carbonyl (C=O) groups is 3. The van der Waals surface area contributed by atoms with E-state index < -0.39 is 12.1 Å². The van der Waals surface area contributed by atoms with Crippen LogP contribution in [-0.4, -0.2) is 41.8 Å². The maximum Gasteiger partial charge on any atom is 0.247 e. The van der Waals surface area contributed by atoms with E-state index in [-0.39, 0.29) is 17.7 Å². The van der Waals surface area contributed by atoms with E-state index in [0.717, 1.165) is 5.56 Å². The van der Waals surface area contributed by atoms with E-state index in [1.807, 2.05) is 30.3 Å². The van der Waals surface area contributed by atoms with Crippen LogP contribution in [0.15, 0.2) is 30.3 Å². The predicted octanol–water partition coefficient (Wildman–Crippen LogP) is -0.0353. The minimum absolute atomic E-state index is 0.105. The maximum absolute atomic E-state index is 12.6. The molecule has 21 heavy (non-hydrogen) atoms. The minimum atomic E-state index is -0.620. The molecule has 0 spiro atoms. The lowest BCUT2D eigenvalue weighted by Gasteiger charge is -2.36. The molecule has 2 saturated heterocycles.